The highest BCUT2D eigenvalue weighted by atomic mass is 35.5. The Labute approximate surface area is 291 Å². The molecule has 2 bridgehead atoms. The van der Waals surface area contributed by atoms with Crippen LogP contribution in [-0.2, 0) is 16.1 Å². The van der Waals surface area contributed by atoms with Crippen molar-refractivity contribution in [1.29, 1.82) is 0 Å². The van der Waals surface area contributed by atoms with Crippen molar-refractivity contribution in [3.8, 4) is 23.0 Å². The van der Waals surface area contributed by atoms with Gasteiger partial charge in [0.2, 0.25) is 5.91 Å². The standard InChI is InChI=1S/C37H41Cl2N3O6/c1-22-13-32(38)36(33(39)14-22)48-12-11-47-28-9-5-25(6-10-28)31-17-26-20-41(23(2)43)21-34(40-26)35(31)37(44)42(27-7-8-27)19-24-15-29(45-3)18-30(16-24)46-4/h5-6,9-10,13-16,18,26-27,34,40H,7-8,11-12,17,19-21H2,1-4H3/t26?,34-/m1/s1. The van der Waals surface area contributed by atoms with Crippen LogP contribution in [-0.4, -0.2) is 80.3 Å². The Kier molecular flexibility index (Phi) is 10.4. The van der Waals surface area contributed by atoms with Gasteiger partial charge in [0.05, 0.1) is 30.3 Å². The highest BCUT2D eigenvalue weighted by Crippen LogP contribution is 2.38. The molecule has 2 fully saturated rings. The van der Waals surface area contributed by atoms with Crippen molar-refractivity contribution in [2.24, 2.45) is 0 Å². The van der Waals surface area contributed by atoms with Gasteiger partial charge in [0, 0.05) is 50.3 Å². The first-order valence-electron chi connectivity index (χ1n) is 16.2. The molecule has 3 aromatic carbocycles. The van der Waals surface area contributed by atoms with Crippen LogP contribution < -0.4 is 24.3 Å². The number of methoxy groups -OCH3 is 2. The molecule has 1 unspecified atom stereocenters. The van der Waals surface area contributed by atoms with Crippen molar-refractivity contribution < 1.29 is 28.5 Å². The van der Waals surface area contributed by atoms with Crippen LogP contribution in [0, 0.1) is 6.92 Å². The number of fused-ring (bicyclic) bond motifs is 2. The molecule has 3 aromatic rings. The van der Waals surface area contributed by atoms with E-state index >= 15 is 0 Å². The average molecular weight is 695 g/mol. The summed E-state index contributed by atoms with van der Waals surface area (Å²) in [6.45, 7) is 5.55. The van der Waals surface area contributed by atoms with Crippen LogP contribution in [0.2, 0.25) is 10.0 Å². The number of carbonyl (C=O) groups excluding carboxylic acids is 2. The van der Waals surface area contributed by atoms with Crippen LogP contribution >= 0.6 is 23.2 Å². The summed E-state index contributed by atoms with van der Waals surface area (Å²) < 4.78 is 22.8. The van der Waals surface area contributed by atoms with Gasteiger partial charge in [0.25, 0.3) is 5.91 Å². The van der Waals surface area contributed by atoms with Gasteiger partial charge in [-0.25, -0.2) is 0 Å². The normalized spacial score (nSPS) is 18.8. The van der Waals surface area contributed by atoms with Gasteiger partial charge in [-0.15, -0.1) is 0 Å². The van der Waals surface area contributed by atoms with Gasteiger partial charge in [-0.2, -0.15) is 0 Å². The fourth-order valence-electron chi connectivity index (χ4n) is 6.57. The SMILES string of the molecule is COc1cc(CN(C(=O)C2=C(c3ccc(OCCOc4c(Cl)cc(C)cc4Cl)cc3)CC3CN(C(C)=O)C[C@H]2N3)C2CC2)cc(OC)c1. The number of aryl methyl sites for hydroxylation is 1. The average Bonchev–Trinajstić information content (AvgIpc) is 3.91. The number of amides is 2. The van der Waals surface area contributed by atoms with E-state index in [4.69, 9.17) is 42.1 Å². The molecule has 2 aliphatic heterocycles. The lowest BCUT2D eigenvalue weighted by Crippen LogP contribution is -2.61. The molecule has 0 aromatic heterocycles. The fraction of sp³-hybridized carbons (Fsp3) is 0.405. The number of ether oxygens (including phenoxy) is 4. The molecule has 0 radical (unpaired) electrons. The Morgan fingerprint density at radius 3 is 2.15 bits per heavy atom. The molecule has 6 rings (SSSR count). The van der Waals surface area contributed by atoms with Gasteiger partial charge in [-0.1, -0.05) is 35.3 Å². The van der Waals surface area contributed by atoms with E-state index in [9.17, 15) is 9.59 Å². The van der Waals surface area contributed by atoms with Crippen molar-refractivity contribution in [3.05, 3.63) is 86.9 Å². The predicted octanol–water partition coefficient (Wildman–Crippen LogP) is 6.31. The molecule has 0 spiro atoms. The Bertz CT molecular complexity index is 1660. The smallest absolute Gasteiger partial charge is 0.252 e. The summed E-state index contributed by atoms with van der Waals surface area (Å²) >= 11 is 12.6. The molecule has 48 heavy (non-hydrogen) atoms. The minimum Gasteiger partial charge on any atom is -0.497 e. The molecule has 2 atom stereocenters. The predicted molar refractivity (Wildman–Crippen MR) is 186 cm³/mol. The highest BCUT2D eigenvalue weighted by molar-refractivity contribution is 6.37. The van der Waals surface area contributed by atoms with Crippen molar-refractivity contribution in [3.63, 3.8) is 0 Å². The second-order valence-electron chi connectivity index (χ2n) is 12.6. The molecule has 254 valence electrons. The third kappa shape index (κ3) is 7.69. The Hall–Kier alpha value is -3.92. The fourth-order valence-corrected chi connectivity index (χ4v) is 7.27. The maximum atomic E-state index is 14.7. The van der Waals surface area contributed by atoms with E-state index < -0.39 is 0 Å². The number of piperazine rings is 1. The third-order valence-corrected chi connectivity index (χ3v) is 9.60. The number of nitrogens with zero attached hydrogens (tertiary/aromatic N) is 2. The molecule has 1 aliphatic carbocycles. The summed E-state index contributed by atoms with van der Waals surface area (Å²) in [5.74, 6) is 2.48. The molecule has 1 saturated carbocycles. The van der Waals surface area contributed by atoms with Gasteiger partial charge < -0.3 is 34.1 Å². The molecule has 9 nitrogen and oxygen atoms in total. The van der Waals surface area contributed by atoms with Gasteiger partial charge in [-0.3, -0.25) is 9.59 Å². The van der Waals surface area contributed by atoms with E-state index in [0.717, 1.165) is 35.1 Å². The molecule has 1 saturated heterocycles. The van der Waals surface area contributed by atoms with Crippen LogP contribution in [0.5, 0.6) is 23.0 Å². The summed E-state index contributed by atoms with van der Waals surface area (Å²) in [5, 5.41) is 4.58. The molecule has 1 N–H and O–H groups in total. The minimum absolute atomic E-state index is 0.0125. The molecule has 2 heterocycles. The maximum absolute atomic E-state index is 14.7. The second kappa shape index (κ2) is 14.7. The van der Waals surface area contributed by atoms with Gasteiger partial charge in [-0.05, 0) is 84.8 Å². The van der Waals surface area contributed by atoms with E-state index in [0.29, 0.717) is 71.3 Å². The molecule has 2 amide bonds. The van der Waals surface area contributed by atoms with Gasteiger partial charge in [0.15, 0.2) is 5.75 Å². The number of nitrogens with one attached hydrogen (secondary N) is 1. The number of hydrogen-bond acceptors (Lipinski definition) is 7. The maximum Gasteiger partial charge on any atom is 0.252 e. The van der Waals surface area contributed by atoms with Crippen molar-refractivity contribution in [1.82, 2.24) is 15.1 Å². The Morgan fingerprint density at radius 1 is 0.896 bits per heavy atom. The first-order valence-corrected chi connectivity index (χ1v) is 17.0. The first kappa shape index (κ1) is 34.0. The second-order valence-corrected chi connectivity index (χ2v) is 13.4. The highest BCUT2D eigenvalue weighted by Gasteiger charge is 2.43. The number of rotatable bonds is 12. The van der Waals surface area contributed by atoms with E-state index in [1.807, 2.05) is 71.3 Å². The molecular formula is C37H41Cl2N3O6. The van der Waals surface area contributed by atoms with Gasteiger partial charge in [0.1, 0.15) is 30.5 Å². The van der Waals surface area contributed by atoms with E-state index in [-0.39, 0.29) is 36.5 Å². The topological polar surface area (TPSA) is 89.6 Å². The lowest BCUT2D eigenvalue weighted by molar-refractivity contribution is -0.132. The minimum atomic E-state index is -0.279. The van der Waals surface area contributed by atoms with Gasteiger partial charge >= 0.3 is 0 Å². The zero-order valence-corrected chi connectivity index (χ0v) is 29.2. The first-order chi connectivity index (χ1) is 23.1. The quantitative estimate of drug-likeness (QED) is 0.222. The lowest BCUT2D eigenvalue weighted by Gasteiger charge is -2.44. The van der Waals surface area contributed by atoms with Crippen LogP contribution in [0.15, 0.2) is 60.2 Å². The summed E-state index contributed by atoms with van der Waals surface area (Å²) in [6.07, 6.45) is 2.53. The zero-order chi connectivity index (χ0) is 33.9. The zero-order valence-electron chi connectivity index (χ0n) is 27.7. The number of carbonyl (C=O) groups is 2. The number of benzene rings is 3. The van der Waals surface area contributed by atoms with Crippen LogP contribution in [0.3, 0.4) is 0 Å². The Balaban J connectivity index is 1.24. The summed E-state index contributed by atoms with van der Waals surface area (Å²) in [7, 11) is 3.24. The summed E-state index contributed by atoms with van der Waals surface area (Å²) in [5.41, 5.74) is 4.57. The molecular weight excluding hydrogens is 653 g/mol. The van der Waals surface area contributed by atoms with Crippen LogP contribution in [0.4, 0.5) is 0 Å². The third-order valence-electron chi connectivity index (χ3n) is 9.04. The van der Waals surface area contributed by atoms with Crippen LogP contribution in [0.25, 0.3) is 5.57 Å². The monoisotopic (exact) mass is 693 g/mol. The lowest BCUT2D eigenvalue weighted by atomic mass is 9.82. The van der Waals surface area contributed by atoms with E-state index in [2.05, 4.69) is 5.32 Å². The van der Waals surface area contributed by atoms with Crippen molar-refractivity contribution in [2.75, 3.05) is 40.5 Å². The van der Waals surface area contributed by atoms with Crippen molar-refractivity contribution in [2.45, 2.75) is 57.8 Å². The largest absolute Gasteiger partial charge is 0.497 e. The van der Waals surface area contributed by atoms with E-state index in [1.165, 1.54) is 0 Å². The summed E-state index contributed by atoms with van der Waals surface area (Å²) in [4.78, 5) is 31.0. The summed E-state index contributed by atoms with van der Waals surface area (Å²) in [6, 6.07) is 17.1. The van der Waals surface area contributed by atoms with E-state index in [1.54, 1.807) is 21.1 Å². The molecule has 3 aliphatic rings. The number of halogens is 2. The van der Waals surface area contributed by atoms with Crippen molar-refractivity contribution >= 4 is 40.6 Å². The molecule has 11 heteroatoms. The van der Waals surface area contributed by atoms with Crippen LogP contribution in [0.1, 0.15) is 42.9 Å². The Morgan fingerprint density at radius 2 is 1.54 bits per heavy atom. The number of hydrogen-bond donors (Lipinski definition) is 1.